The number of benzene rings is 1. The van der Waals surface area contributed by atoms with Gasteiger partial charge in [-0.1, -0.05) is 12.1 Å². The van der Waals surface area contributed by atoms with Crippen LogP contribution in [0.4, 0.5) is 0 Å². The Morgan fingerprint density at radius 2 is 1.88 bits per heavy atom. The van der Waals surface area contributed by atoms with Crippen LogP contribution in [0.15, 0.2) is 30.3 Å². The van der Waals surface area contributed by atoms with Crippen LogP contribution < -0.4 is 9.47 Å². The van der Waals surface area contributed by atoms with Gasteiger partial charge in [0.05, 0.1) is 19.1 Å². The van der Waals surface area contributed by atoms with Gasteiger partial charge in [0.2, 0.25) is 5.78 Å². The number of rotatable bonds is 8. The zero-order valence-corrected chi connectivity index (χ0v) is 14.8. The van der Waals surface area contributed by atoms with Crippen molar-refractivity contribution in [2.24, 2.45) is 0 Å². The molecule has 24 heavy (non-hydrogen) atoms. The molecule has 0 aliphatic heterocycles. The molecule has 0 spiro atoms. The lowest BCUT2D eigenvalue weighted by molar-refractivity contribution is -0.142. The highest BCUT2D eigenvalue weighted by Crippen LogP contribution is 2.31. The largest absolute Gasteiger partial charge is 0.493 e. The highest BCUT2D eigenvalue weighted by atomic mass is 32.1. The van der Waals surface area contributed by atoms with Crippen LogP contribution in [0.2, 0.25) is 0 Å². The topological polar surface area (TPSA) is 61.8 Å². The molecule has 0 fully saturated rings. The molecule has 0 N–H and O–H groups in total. The Morgan fingerprint density at radius 1 is 1.08 bits per heavy atom. The van der Waals surface area contributed by atoms with Crippen LogP contribution >= 0.6 is 11.3 Å². The van der Waals surface area contributed by atoms with Crippen molar-refractivity contribution >= 4 is 23.1 Å². The van der Waals surface area contributed by atoms with E-state index in [1.165, 1.54) is 11.3 Å². The first-order chi connectivity index (χ1) is 11.5. The van der Waals surface area contributed by atoms with Gasteiger partial charge in [-0.3, -0.25) is 9.59 Å². The number of ketones is 1. The molecule has 2 rings (SSSR count). The molecule has 0 aliphatic carbocycles. The van der Waals surface area contributed by atoms with Crippen molar-refractivity contribution in [1.82, 2.24) is 0 Å². The zero-order valence-electron chi connectivity index (χ0n) is 14.0. The van der Waals surface area contributed by atoms with E-state index in [0.717, 1.165) is 10.4 Å². The van der Waals surface area contributed by atoms with E-state index < -0.39 is 5.97 Å². The standard InChI is InChI=1S/C18H20O5S/c1-12-7-9-16(24-12)14(19)11-23-17(20)10-8-13-5-4-6-15(21-2)18(13)22-3/h4-7,9H,8,10-11H2,1-3H3. The van der Waals surface area contributed by atoms with Gasteiger partial charge < -0.3 is 14.2 Å². The second-order valence-electron chi connectivity index (χ2n) is 5.15. The first-order valence-electron chi connectivity index (χ1n) is 7.50. The van der Waals surface area contributed by atoms with Gasteiger partial charge in [-0.25, -0.2) is 0 Å². The summed E-state index contributed by atoms with van der Waals surface area (Å²) >= 11 is 1.40. The SMILES string of the molecule is COc1cccc(CCC(=O)OCC(=O)c2ccc(C)s2)c1OC. The predicted octanol–water partition coefficient (Wildman–Crippen LogP) is 3.43. The molecule has 0 unspecified atom stereocenters. The molecule has 0 saturated heterocycles. The maximum atomic E-state index is 11.9. The van der Waals surface area contributed by atoms with Crippen molar-refractivity contribution in [3.63, 3.8) is 0 Å². The average molecular weight is 348 g/mol. The maximum absolute atomic E-state index is 11.9. The highest BCUT2D eigenvalue weighted by Gasteiger charge is 2.14. The average Bonchev–Trinajstić information content (AvgIpc) is 3.03. The van der Waals surface area contributed by atoms with Gasteiger partial charge in [-0.2, -0.15) is 0 Å². The van der Waals surface area contributed by atoms with E-state index in [-0.39, 0.29) is 18.8 Å². The van der Waals surface area contributed by atoms with Crippen LogP contribution in [0.3, 0.4) is 0 Å². The molecule has 0 saturated carbocycles. The summed E-state index contributed by atoms with van der Waals surface area (Å²) in [6.45, 7) is 1.70. The molecule has 0 amide bonds. The number of esters is 1. The molecule has 0 radical (unpaired) electrons. The van der Waals surface area contributed by atoms with Crippen LogP contribution in [0, 0.1) is 6.92 Å². The number of thiophene rings is 1. The lowest BCUT2D eigenvalue weighted by Gasteiger charge is -2.12. The Balaban J connectivity index is 1.86. The monoisotopic (exact) mass is 348 g/mol. The summed E-state index contributed by atoms with van der Waals surface area (Å²) in [6, 6.07) is 9.12. The number of para-hydroxylation sites is 1. The summed E-state index contributed by atoms with van der Waals surface area (Å²) in [5.41, 5.74) is 0.856. The van der Waals surface area contributed by atoms with Crippen LogP contribution in [0.1, 0.15) is 26.5 Å². The van der Waals surface area contributed by atoms with Gasteiger partial charge in [-0.05, 0) is 37.1 Å². The molecule has 1 aromatic carbocycles. The van der Waals surface area contributed by atoms with E-state index in [0.29, 0.717) is 22.8 Å². The number of ether oxygens (including phenoxy) is 3. The Labute approximate surface area is 145 Å². The van der Waals surface area contributed by atoms with Crippen molar-refractivity contribution < 1.29 is 23.8 Å². The summed E-state index contributed by atoms with van der Waals surface area (Å²) in [7, 11) is 3.12. The third-order valence-corrected chi connectivity index (χ3v) is 4.50. The molecular formula is C18H20O5S. The van der Waals surface area contributed by atoms with Gasteiger partial charge >= 0.3 is 5.97 Å². The van der Waals surface area contributed by atoms with Crippen LogP contribution in [-0.4, -0.2) is 32.6 Å². The second-order valence-corrected chi connectivity index (χ2v) is 6.43. The summed E-state index contributed by atoms with van der Waals surface area (Å²) in [6.07, 6.45) is 0.617. The molecule has 2 aromatic rings. The van der Waals surface area contributed by atoms with E-state index in [2.05, 4.69) is 0 Å². The highest BCUT2D eigenvalue weighted by molar-refractivity contribution is 7.14. The fourth-order valence-corrected chi connectivity index (χ4v) is 3.05. The molecule has 128 valence electrons. The maximum Gasteiger partial charge on any atom is 0.306 e. The Morgan fingerprint density at radius 3 is 2.50 bits per heavy atom. The number of hydrogen-bond acceptors (Lipinski definition) is 6. The smallest absolute Gasteiger partial charge is 0.306 e. The lowest BCUT2D eigenvalue weighted by Crippen LogP contribution is -2.13. The summed E-state index contributed by atoms with van der Waals surface area (Å²) in [5.74, 6) is 0.631. The quantitative estimate of drug-likeness (QED) is 0.540. The predicted molar refractivity (Wildman–Crippen MR) is 92.2 cm³/mol. The second kappa shape index (κ2) is 8.49. The number of carbonyl (C=O) groups excluding carboxylic acids is 2. The lowest BCUT2D eigenvalue weighted by atomic mass is 10.1. The van der Waals surface area contributed by atoms with Crippen molar-refractivity contribution in [2.45, 2.75) is 19.8 Å². The third-order valence-electron chi connectivity index (χ3n) is 3.46. The molecule has 6 heteroatoms. The molecule has 5 nitrogen and oxygen atoms in total. The number of aryl methyl sites for hydroxylation is 2. The van der Waals surface area contributed by atoms with Crippen molar-refractivity contribution in [3.8, 4) is 11.5 Å². The van der Waals surface area contributed by atoms with Crippen LogP contribution in [-0.2, 0) is 16.0 Å². The van der Waals surface area contributed by atoms with Gasteiger partial charge in [-0.15, -0.1) is 11.3 Å². The molecule has 0 aliphatic rings. The number of Topliss-reactive ketones (excluding diaryl/α,β-unsaturated/α-hetero) is 1. The fraction of sp³-hybridized carbons (Fsp3) is 0.333. The molecule has 0 bridgehead atoms. The zero-order chi connectivity index (χ0) is 17.5. The minimum Gasteiger partial charge on any atom is -0.493 e. The first-order valence-corrected chi connectivity index (χ1v) is 8.32. The molecule has 1 aromatic heterocycles. The minimum atomic E-state index is -0.415. The Kier molecular flexibility index (Phi) is 6.37. The first kappa shape index (κ1) is 18.0. The number of carbonyl (C=O) groups is 2. The summed E-state index contributed by atoms with van der Waals surface area (Å²) in [4.78, 5) is 25.4. The van der Waals surface area contributed by atoms with E-state index in [1.54, 1.807) is 26.4 Å². The number of hydrogen-bond donors (Lipinski definition) is 0. The van der Waals surface area contributed by atoms with Gasteiger partial charge in [0, 0.05) is 11.3 Å². The van der Waals surface area contributed by atoms with Gasteiger partial charge in [0.1, 0.15) is 0 Å². The van der Waals surface area contributed by atoms with Gasteiger partial charge in [0.25, 0.3) is 0 Å². The van der Waals surface area contributed by atoms with Crippen LogP contribution in [0.25, 0.3) is 0 Å². The van der Waals surface area contributed by atoms with E-state index >= 15 is 0 Å². The van der Waals surface area contributed by atoms with Crippen molar-refractivity contribution in [3.05, 3.63) is 45.6 Å². The third kappa shape index (κ3) is 4.58. The Hall–Kier alpha value is -2.34. The van der Waals surface area contributed by atoms with E-state index in [9.17, 15) is 9.59 Å². The number of methoxy groups -OCH3 is 2. The summed E-state index contributed by atoms with van der Waals surface area (Å²) in [5, 5.41) is 0. The normalized spacial score (nSPS) is 10.3. The minimum absolute atomic E-state index is 0.167. The van der Waals surface area contributed by atoms with Crippen molar-refractivity contribution in [2.75, 3.05) is 20.8 Å². The summed E-state index contributed by atoms with van der Waals surface area (Å²) < 4.78 is 15.6. The molecular weight excluding hydrogens is 328 g/mol. The fourth-order valence-electron chi connectivity index (χ4n) is 2.26. The van der Waals surface area contributed by atoms with E-state index in [4.69, 9.17) is 14.2 Å². The Bertz CT molecular complexity index is 720. The molecule has 1 heterocycles. The molecule has 0 atom stereocenters. The van der Waals surface area contributed by atoms with Gasteiger partial charge in [0.15, 0.2) is 18.1 Å². The van der Waals surface area contributed by atoms with E-state index in [1.807, 2.05) is 25.1 Å². The van der Waals surface area contributed by atoms with Crippen LogP contribution in [0.5, 0.6) is 11.5 Å². The van der Waals surface area contributed by atoms with Crippen molar-refractivity contribution in [1.29, 1.82) is 0 Å².